The largest absolute Gasteiger partial charge is 0.480 e. The van der Waals surface area contributed by atoms with Crippen LogP contribution in [0.1, 0.15) is 25.7 Å². The molecule has 0 radical (unpaired) electrons. The minimum atomic E-state index is -3.59. The molecule has 0 aliphatic carbocycles. The second-order valence-corrected chi connectivity index (χ2v) is 7.70. The number of rotatable bonds is 6. The molecule has 2 saturated heterocycles. The number of likely N-dealkylation sites (N-methyl/N-ethyl adjacent to an activating group) is 1. The summed E-state index contributed by atoms with van der Waals surface area (Å²) in [6.07, 6.45) is 2.67. The molecule has 2 fully saturated rings. The number of likely N-dealkylation sites (tertiary alicyclic amines) is 1. The predicted molar refractivity (Wildman–Crippen MR) is 77.9 cm³/mol. The molecular formula is C12H24N4O4S. The van der Waals surface area contributed by atoms with Crippen LogP contribution >= 0.6 is 0 Å². The highest BCUT2D eigenvalue weighted by Gasteiger charge is 2.50. The van der Waals surface area contributed by atoms with Gasteiger partial charge in [0, 0.05) is 19.6 Å². The molecule has 0 aromatic rings. The van der Waals surface area contributed by atoms with Crippen LogP contribution in [0.15, 0.2) is 0 Å². The van der Waals surface area contributed by atoms with Crippen molar-refractivity contribution >= 4 is 16.2 Å². The van der Waals surface area contributed by atoms with Crippen molar-refractivity contribution < 1.29 is 18.3 Å². The van der Waals surface area contributed by atoms with Crippen LogP contribution in [0, 0.1) is 0 Å². The summed E-state index contributed by atoms with van der Waals surface area (Å²) >= 11 is 0. The van der Waals surface area contributed by atoms with Gasteiger partial charge in [-0.2, -0.15) is 12.7 Å². The first kappa shape index (κ1) is 16.6. The van der Waals surface area contributed by atoms with Crippen molar-refractivity contribution in [2.45, 2.75) is 37.3 Å². The molecule has 0 aromatic heterocycles. The van der Waals surface area contributed by atoms with Crippen molar-refractivity contribution in [2.75, 3.05) is 33.2 Å². The van der Waals surface area contributed by atoms with E-state index in [0.717, 1.165) is 32.4 Å². The Bertz CT molecular complexity index is 497. The normalized spacial score (nSPS) is 29.2. The molecule has 0 bridgehead atoms. The minimum absolute atomic E-state index is 0.0399. The van der Waals surface area contributed by atoms with Gasteiger partial charge in [0.1, 0.15) is 6.04 Å². The summed E-state index contributed by atoms with van der Waals surface area (Å²) in [6.45, 7) is 2.21. The first-order chi connectivity index (χ1) is 9.77. The number of hydrogen-bond donors (Lipinski definition) is 3. The summed E-state index contributed by atoms with van der Waals surface area (Å²) in [5, 5.41) is 8.70. The Hall–Kier alpha value is -0.740. The first-order valence-electron chi connectivity index (χ1n) is 7.21. The fraction of sp³-hybridized carbons (Fsp3) is 0.917. The van der Waals surface area contributed by atoms with Gasteiger partial charge in [-0.1, -0.05) is 0 Å². The third kappa shape index (κ3) is 3.54. The zero-order chi connectivity index (χ0) is 15.7. The van der Waals surface area contributed by atoms with Gasteiger partial charge in [-0.05, 0) is 39.3 Å². The van der Waals surface area contributed by atoms with Crippen molar-refractivity contribution in [3.63, 3.8) is 0 Å². The Kier molecular flexibility index (Phi) is 4.89. The molecule has 2 aliphatic heterocycles. The number of nitrogens with zero attached hydrogens (tertiary/aromatic N) is 2. The molecule has 0 saturated carbocycles. The molecular weight excluding hydrogens is 296 g/mol. The summed E-state index contributed by atoms with van der Waals surface area (Å²) in [6, 6.07) is -1.04. The van der Waals surface area contributed by atoms with Crippen molar-refractivity contribution in [2.24, 2.45) is 5.73 Å². The van der Waals surface area contributed by atoms with Gasteiger partial charge in [0.05, 0.1) is 5.54 Å². The summed E-state index contributed by atoms with van der Waals surface area (Å²) in [7, 11) is -1.59. The van der Waals surface area contributed by atoms with Gasteiger partial charge in [-0.3, -0.25) is 4.79 Å². The van der Waals surface area contributed by atoms with Crippen LogP contribution in [0.4, 0.5) is 0 Å². The van der Waals surface area contributed by atoms with E-state index in [2.05, 4.69) is 9.62 Å². The molecule has 2 atom stereocenters. The third-order valence-electron chi connectivity index (χ3n) is 4.40. The second-order valence-electron chi connectivity index (χ2n) is 6.02. The van der Waals surface area contributed by atoms with E-state index in [4.69, 9.17) is 10.8 Å². The molecule has 8 nitrogen and oxygen atoms in total. The van der Waals surface area contributed by atoms with Crippen LogP contribution in [0.25, 0.3) is 0 Å². The van der Waals surface area contributed by atoms with Crippen LogP contribution in [0.3, 0.4) is 0 Å². The van der Waals surface area contributed by atoms with Crippen molar-refractivity contribution in [1.82, 2.24) is 13.9 Å². The van der Waals surface area contributed by atoms with Crippen molar-refractivity contribution in [1.29, 1.82) is 0 Å². The maximum absolute atomic E-state index is 12.5. The highest BCUT2D eigenvalue weighted by atomic mass is 32.2. The Balaban J connectivity index is 1.97. The number of nitrogens with one attached hydrogen (secondary N) is 1. The minimum Gasteiger partial charge on any atom is -0.480 e. The van der Waals surface area contributed by atoms with Crippen LogP contribution in [0.5, 0.6) is 0 Å². The molecule has 21 heavy (non-hydrogen) atoms. The molecule has 2 rings (SSSR count). The lowest BCUT2D eigenvalue weighted by Crippen LogP contribution is -2.53. The van der Waals surface area contributed by atoms with E-state index in [0.29, 0.717) is 6.54 Å². The topological polar surface area (TPSA) is 116 Å². The highest BCUT2D eigenvalue weighted by Crippen LogP contribution is 2.38. The molecule has 1 spiro atoms. The lowest BCUT2D eigenvalue weighted by molar-refractivity contribution is -0.138. The molecule has 2 heterocycles. The summed E-state index contributed by atoms with van der Waals surface area (Å²) in [5.41, 5.74) is 5.08. The monoisotopic (exact) mass is 320 g/mol. The predicted octanol–water partition coefficient (Wildman–Crippen LogP) is -1.21. The summed E-state index contributed by atoms with van der Waals surface area (Å²) < 4.78 is 29.0. The van der Waals surface area contributed by atoms with Crippen LogP contribution in [-0.2, 0) is 15.0 Å². The second kappa shape index (κ2) is 6.17. The van der Waals surface area contributed by atoms with Crippen molar-refractivity contribution in [3.05, 3.63) is 0 Å². The summed E-state index contributed by atoms with van der Waals surface area (Å²) in [5.74, 6) is -1.12. The van der Waals surface area contributed by atoms with E-state index >= 15 is 0 Å². The van der Waals surface area contributed by atoms with E-state index in [1.807, 2.05) is 7.05 Å². The third-order valence-corrected chi connectivity index (χ3v) is 6.12. The zero-order valence-corrected chi connectivity index (χ0v) is 13.1. The Morgan fingerprint density at radius 1 is 1.43 bits per heavy atom. The lowest BCUT2D eigenvalue weighted by atomic mass is 9.97. The lowest BCUT2D eigenvalue weighted by Gasteiger charge is -2.33. The van der Waals surface area contributed by atoms with E-state index in [1.54, 1.807) is 4.31 Å². The summed E-state index contributed by atoms with van der Waals surface area (Å²) in [4.78, 5) is 12.8. The van der Waals surface area contributed by atoms with E-state index in [-0.39, 0.29) is 18.5 Å². The Labute approximate surface area is 125 Å². The fourth-order valence-corrected chi connectivity index (χ4v) is 4.95. The molecule has 0 amide bonds. The smallest absolute Gasteiger partial charge is 0.320 e. The van der Waals surface area contributed by atoms with Crippen molar-refractivity contribution in [3.8, 4) is 0 Å². The molecule has 2 aliphatic rings. The molecule has 0 aromatic carbocycles. The van der Waals surface area contributed by atoms with E-state index < -0.39 is 22.2 Å². The van der Waals surface area contributed by atoms with Gasteiger partial charge < -0.3 is 15.7 Å². The SMILES string of the molecule is CN1CCC2(CCCN2S(=O)(=O)NCCC(N)C(=O)O)C1. The molecule has 4 N–H and O–H groups in total. The van der Waals surface area contributed by atoms with Gasteiger partial charge in [-0.15, -0.1) is 0 Å². The van der Waals surface area contributed by atoms with Gasteiger partial charge >= 0.3 is 5.97 Å². The van der Waals surface area contributed by atoms with Gasteiger partial charge in [-0.25, -0.2) is 4.72 Å². The van der Waals surface area contributed by atoms with E-state index in [9.17, 15) is 13.2 Å². The Morgan fingerprint density at radius 2 is 2.14 bits per heavy atom. The van der Waals surface area contributed by atoms with Crippen LogP contribution < -0.4 is 10.5 Å². The van der Waals surface area contributed by atoms with Crippen LogP contribution in [0.2, 0.25) is 0 Å². The highest BCUT2D eigenvalue weighted by molar-refractivity contribution is 7.87. The molecule has 2 unspecified atom stereocenters. The number of aliphatic carboxylic acids is 1. The zero-order valence-electron chi connectivity index (χ0n) is 12.3. The fourth-order valence-electron chi connectivity index (χ4n) is 3.30. The maximum atomic E-state index is 12.5. The maximum Gasteiger partial charge on any atom is 0.320 e. The number of nitrogens with two attached hydrogens (primary N) is 1. The number of carbonyl (C=O) groups is 1. The molecule has 9 heteroatoms. The molecule has 122 valence electrons. The standard InChI is InChI=1S/C12H24N4O4S/c1-15-8-5-12(9-15)4-2-7-16(12)21(19,20)14-6-3-10(13)11(17)18/h10,14H,2-9,13H2,1H3,(H,17,18). The van der Waals surface area contributed by atoms with Gasteiger partial charge in [0.15, 0.2) is 0 Å². The number of carboxylic acids is 1. The van der Waals surface area contributed by atoms with E-state index in [1.165, 1.54) is 0 Å². The van der Waals surface area contributed by atoms with Crippen LogP contribution in [-0.4, -0.2) is 73.5 Å². The van der Waals surface area contributed by atoms with Gasteiger partial charge in [0.25, 0.3) is 10.2 Å². The Morgan fingerprint density at radius 3 is 2.71 bits per heavy atom. The average molecular weight is 320 g/mol. The quantitative estimate of drug-likeness (QED) is 0.566. The average Bonchev–Trinajstić information content (AvgIpc) is 2.96. The number of hydrogen-bond acceptors (Lipinski definition) is 5. The first-order valence-corrected chi connectivity index (χ1v) is 8.65. The van der Waals surface area contributed by atoms with Gasteiger partial charge in [0.2, 0.25) is 0 Å². The number of carboxylic acid groups (broad SMARTS) is 1.